The Kier molecular flexibility index (Phi) is 4.81. The van der Waals surface area contributed by atoms with Gasteiger partial charge >= 0.3 is 0 Å². The van der Waals surface area contributed by atoms with Gasteiger partial charge in [-0.3, -0.25) is 0 Å². The summed E-state index contributed by atoms with van der Waals surface area (Å²) in [5, 5.41) is 12.6. The molecule has 1 aromatic rings. The van der Waals surface area contributed by atoms with Gasteiger partial charge in [0.1, 0.15) is 6.07 Å². The Morgan fingerprint density at radius 2 is 2.11 bits per heavy atom. The third-order valence-corrected chi connectivity index (χ3v) is 4.03. The number of hydrogen-bond acceptors (Lipinski definition) is 3. The first-order valence-electron chi connectivity index (χ1n) is 7.20. The molecule has 19 heavy (non-hydrogen) atoms. The van der Waals surface area contributed by atoms with E-state index in [2.05, 4.69) is 36.2 Å². The lowest BCUT2D eigenvalue weighted by Crippen LogP contribution is -2.35. The van der Waals surface area contributed by atoms with Gasteiger partial charge < -0.3 is 10.2 Å². The number of nitrogens with zero attached hydrogens (tertiary/aromatic N) is 2. The molecule has 1 aliphatic rings. The van der Waals surface area contributed by atoms with Crippen LogP contribution in [0.5, 0.6) is 0 Å². The summed E-state index contributed by atoms with van der Waals surface area (Å²) in [6, 6.07) is 8.21. The summed E-state index contributed by atoms with van der Waals surface area (Å²) in [4.78, 5) is 2.50. The summed E-state index contributed by atoms with van der Waals surface area (Å²) in [6.45, 7) is 8.85. The number of benzene rings is 1. The lowest BCUT2D eigenvalue weighted by molar-refractivity contribution is 0.198. The first-order valence-corrected chi connectivity index (χ1v) is 7.20. The Bertz CT molecular complexity index is 454. The largest absolute Gasteiger partial charge is 0.384 e. The van der Waals surface area contributed by atoms with Gasteiger partial charge in [-0.15, -0.1) is 0 Å². The number of piperidine rings is 1. The van der Waals surface area contributed by atoms with Gasteiger partial charge in [-0.2, -0.15) is 5.26 Å². The molecular formula is C16H23N3. The lowest BCUT2D eigenvalue weighted by Gasteiger charge is -2.31. The van der Waals surface area contributed by atoms with E-state index in [9.17, 15) is 0 Å². The fourth-order valence-electron chi connectivity index (χ4n) is 2.66. The second kappa shape index (κ2) is 6.58. The third-order valence-electron chi connectivity index (χ3n) is 4.03. The molecular weight excluding hydrogens is 234 g/mol. The van der Waals surface area contributed by atoms with Crippen molar-refractivity contribution in [1.82, 2.24) is 4.90 Å². The van der Waals surface area contributed by atoms with Crippen LogP contribution in [0.1, 0.15) is 30.9 Å². The molecule has 1 N–H and O–H groups in total. The van der Waals surface area contributed by atoms with Gasteiger partial charge in [0.05, 0.1) is 11.3 Å². The average Bonchev–Trinajstić information content (AvgIpc) is 2.46. The molecule has 1 saturated heterocycles. The highest BCUT2D eigenvalue weighted by Crippen LogP contribution is 2.20. The molecule has 0 aliphatic carbocycles. The minimum atomic E-state index is 0.731. The maximum atomic E-state index is 9.12. The molecule has 0 saturated carbocycles. The van der Waals surface area contributed by atoms with Crippen molar-refractivity contribution in [1.29, 1.82) is 5.26 Å². The van der Waals surface area contributed by atoms with Crippen molar-refractivity contribution < 1.29 is 0 Å². The molecule has 1 heterocycles. The van der Waals surface area contributed by atoms with Crippen molar-refractivity contribution in [3.8, 4) is 6.07 Å². The summed E-state index contributed by atoms with van der Waals surface area (Å²) in [7, 11) is 0. The van der Waals surface area contributed by atoms with Gasteiger partial charge in [-0.1, -0.05) is 13.0 Å². The topological polar surface area (TPSA) is 39.1 Å². The Morgan fingerprint density at radius 3 is 2.74 bits per heavy atom. The highest BCUT2D eigenvalue weighted by atomic mass is 15.1. The highest BCUT2D eigenvalue weighted by molar-refractivity contribution is 5.58. The molecule has 1 fully saturated rings. The fraction of sp³-hybridized carbons (Fsp3) is 0.562. The van der Waals surface area contributed by atoms with E-state index in [1.165, 1.54) is 31.5 Å². The van der Waals surface area contributed by atoms with Crippen molar-refractivity contribution in [3.63, 3.8) is 0 Å². The first-order chi connectivity index (χ1) is 9.22. The number of nitriles is 1. The second-order valence-electron chi connectivity index (χ2n) is 5.42. The van der Waals surface area contributed by atoms with E-state index in [1.54, 1.807) is 0 Å². The van der Waals surface area contributed by atoms with Crippen LogP contribution in [0, 0.1) is 24.2 Å². The summed E-state index contributed by atoms with van der Waals surface area (Å²) >= 11 is 0. The smallest absolute Gasteiger partial charge is 0.101 e. The Hall–Kier alpha value is -1.53. The van der Waals surface area contributed by atoms with Crippen molar-refractivity contribution in [3.05, 3.63) is 29.3 Å². The van der Waals surface area contributed by atoms with E-state index in [0.717, 1.165) is 30.3 Å². The minimum Gasteiger partial charge on any atom is -0.384 e. The maximum Gasteiger partial charge on any atom is 0.101 e. The van der Waals surface area contributed by atoms with E-state index in [-0.39, 0.29) is 0 Å². The zero-order valence-electron chi connectivity index (χ0n) is 11.9. The van der Waals surface area contributed by atoms with Gasteiger partial charge in [-0.25, -0.2) is 0 Å². The van der Waals surface area contributed by atoms with Crippen LogP contribution in [0.15, 0.2) is 18.2 Å². The average molecular weight is 257 g/mol. The SMILES string of the molecule is CCN1CCC(CNc2cc(C)ccc2C#N)CC1. The molecule has 0 radical (unpaired) electrons. The molecule has 102 valence electrons. The number of likely N-dealkylation sites (tertiary alicyclic amines) is 1. The summed E-state index contributed by atoms with van der Waals surface area (Å²) < 4.78 is 0. The monoisotopic (exact) mass is 257 g/mol. The second-order valence-corrected chi connectivity index (χ2v) is 5.42. The normalized spacial score (nSPS) is 17.1. The molecule has 0 amide bonds. The standard InChI is InChI=1S/C16H23N3/c1-3-19-8-6-14(7-9-19)12-18-16-10-13(2)4-5-15(16)11-17/h4-5,10,14,18H,3,6-9,12H2,1-2H3. The number of anilines is 1. The molecule has 0 unspecified atom stereocenters. The molecule has 2 rings (SSSR count). The molecule has 0 aromatic heterocycles. The molecule has 0 bridgehead atoms. The number of rotatable bonds is 4. The summed E-state index contributed by atoms with van der Waals surface area (Å²) in [5.41, 5.74) is 2.93. The predicted molar refractivity (Wildman–Crippen MR) is 79.2 cm³/mol. The first kappa shape index (κ1) is 13.9. The van der Waals surface area contributed by atoms with Crippen LogP contribution in [0.4, 0.5) is 5.69 Å². The van der Waals surface area contributed by atoms with Crippen LogP contribution < -0.4 is 5.32 Å². The van der Waals surface area contributed by atoms with Crippen LogP contribution in [-0.2, 0) is 0 Å². The number of hydrogen-bond donors (Lipinski definition) is 1. The minimum absolute atomic E-state index is 0.731. The van der Waals surface area contributed by atoms with E-state index >= 15 is 0 Å². The Balaban J connectivity index is 1.89. The van der Waals surface area contributed by atoms with E-state index < -0.39 is 0 Å². The zero-order valence-corrected chi connectivity index (χ0v) is 11.9. The maximum absolute atomic E-state index is 9.12. The fourth-order valence-corrected chi connectivity index (χ4v) is 2.66. The van der Waals surface area contributed by atoms with Crippen LogP contribution >= 0.6 is 0 Å². The molecule has 1 aliphatic heterocycles. The zero-order chi connectivity index (χ0) is 13.7. The van der Waals surface area contributed by atoms with E-state index in [1.807, 2.05) is 12.1 Å². The number of aryl methyl sites for hydroxylation is 1. The van der Waals surface area contributed by atoms with Crippen molar-refractivity contribution in [2.45, 2.75) is 26.7 Å². The summed E-state index contributed by atoms with van der Waals surface area (Å²) in [6.07, 6.45) is 2.52. The van der Waals surface area contributed by atoms with Crippen molar-refractivity contribution in [2.75, 3.05) is 31.5 Å². The quantitative estimate of drug-likeness (QED) is 0.901. The van der Waals surface area contributed by atoms with Gasteiger partial charge in [0.25, 0.3) is 0 Å². The molecule has 0 atom stereocenters. The summed E-state index contributed by atoms with van der Waals surface area (Å²) in [5.74, 6) is 0.731. The molecule has 0 spiro atoms. The lowest BCUT2D eigenvalue weighted by atomic mass is 9.96. The van der Waals surface area contributed by atoms with Gasteiger partial charge in [0.2, 0.25) is 0 Å². The van der Waals surface area contributed by atoms with Gasteiger partial charge in [0, 0.05) is 6.54 Å². The van der Waals surface area contributed by atoms with Crippen LogP contribution in [0.3, 0.4) is 0 Å². The van der Waals surface area contributed by atoms with Crippen molar-refractivity contribution in [2.24, 2.45) is 5.92 Å². The molecule has 3 nitrogen and oxygen atoms in total. The van der Waals surface area contributed by atoms with Gasteiger partial charge in [0.15, 0.2) is 0 Å². The molecule has 3 heteroatoms. The predicted octanol–water partition coefficient (Wildman–Crippen LogP) is 3.01. The van der Waals surface area contributed by atoms with Crippen LogP contribution in [-0.4, -0.2) is 31.1 Å². The van der Waals surface area contributed by atoms with E-state index in [0.29, 0.717) is 0 Å². The number of nitrogens with one attached hydrogen (secondary N) is 1. The van der Waals surface area contributed by atoms with Crippen LogP contribution in [0.2, 0.25) is 0 Å². The Morgan fingerprint density at radius 1 is 1.37 bits per heavy atom. The van der Waals surface area contributed by atoms with E-state index in [4.69, 9.17) is 5.26 Å². The van der Waals surface area contributed by atoms with Crippen LogP contribution in [0.25, 0.3) is 0 Å². The molecule has 1 aromatic carbocycles. The third kappa shape index (κ3) is 3.71. The highest BCUT2D eigenvalue weighted by Gasteiger charge is 2.17. The Labute approximate surface area is 116 Å². The van der Waals surface area contributed by atoms with Crippen molar-refractivity contribution >= 4 is 5.69 Å². The van der Waals surface area contributed by atoms with Gasteiger partial charge in [-0.05, 0) is 63.0 Å².